The molecule has 1 N–H and O–H groups in total. The fraction of sp³-hybridized carbons (Fsp3) is 0.500. The summed E-state index contributed by atoms with van der Waals surface area (Å²) >= 11 is 5.64. The van der Waals surface area contributed by atoms with Crippen molar-refractivity contribution in [3.8, 4) is 0 Å². The SMILES string of the molecule is CCCc1cc(C(=O)NCCSC(F)(F)F)cc(Cl)n1. The molecule has 0 fully saturated rings. The highest BCUT2D eigenvalue weighted by Crippen LogP contribution is 2.29. The summed E-state index contributed by atoms with van der Waals surface area (Å²) < 4.78 is 35.8. The summed E-state index contributed by atoms with van der Waals surface area (Å²) in [5.41, 5.74) is -3.28. The quantitative estimate of drug-likeness (QED) is 0.640. The molecule has 0 saturated heterocycles. The first-order valence-electron chi connectivity index (χ1n) is 5.97. The maximum absolute atomic E-state index is 11.9. The van der Waals surface area contributed by atoms with Crippen LogP contribution in [-0.4, -0.2) is 28.7 Å². The van der Waals surface area contributed by atoms with Gasteiger partial charge in [0.05, 0.1) is 0 Å². The topological polar surface area (TPSA) is 42.0 Å². The van der Waals surface area contributed by atoms with Crippen LogP contribution in [0.15, 0.2) is 12.1 Å². The van der Waals surface area contributed by atoms with Crippen LogP contribution < -0.4 is 5.32 Å². The van der Waals surface area contributed by atoms with E-state index in [1.807, 2.05) is 6.92 Å². The lowest BCUT2D eigenvalue weighted by Gasteiger charge is -2.08. The summed E-state index contributed by atoms with van der Waals surface area (Å²) in [5.74, 6) is -0.676. The Hall–Kier alpha value is -0.950. The molecule has 0 atom stereocenters. The predicted molar refractivity (Wildman–Crippen MR) is 74.1 cm³/mol. The number of aromatic nitrogens is 1. The Labute approximate surface area is 124 Å². The molecule has 0 bridgehead atoms. The third kappa shape index (κ3) is 6.47. The number of rotatable bonds is 6. The Balaban J connectivity index is 2.55. The largest absolute Gasteiger partial charge is 0.441 e. The first-order valence-corrected chi connectivity index (χ1v) is 7.33. The van der Waals surface area contributed by atoms with E-state index in [0.29, 0.717) is 17.7 Å². The van der Waals surface area contributed by atoms with Gasteiger partial charge in [-0.15, -0.1) is 0 Å². The van der Waals surface area contributed by atoms with E-state index in [4.69, 9.17) is 11.6 Å². The molecule has 20 heavy (non-hydrogen) atoms. The molecule has 0 radical (unpaired) electrons. The lowest BCUT2D eigenvalue weighted by Crippen LogP contribution is -2.26. The second kappa shape index (κ2) is 7.73. The molecule has 3 nitrogen and oxygen atoms in total. The maximum Gasteiger partial charge on any atom is 0.441 e. The van der Waals surface area contributed by atoms with E-state index in [-0.39, 0.29) is 29.2 Å². The number of hydrogen-bond donors (Lipinski definition) is 1. The summed E-state index contributed by atoms with van der Waals surface area (Å²) in [5, 5.41) is 2.62. The van der Waals surface area contributed by atoms with Crippen molar-refractivity contribution in [2.24, 2.45) is 0 Å². The molecule has 1 rings (SSSR count). The summed E-state index contributed by atoms with van der Waals surface area (Å²) in [4.78, 5) is 15.9. The van der Waals surface area contributed by atoms with Crippen molar-refractivity contribution in [2.75, 3.05) is 12.3 Å². The minimum Gasteiger partial charge on any atom is -0.351 e. The van der Waals surface area contributed by atoms with Crippen molar-refractivity contribution in [3.05, 3.63) is 28.5 Å². The van der Waals surface area contributed by atoms with Gasteiger partial charge in [-0.2, -0.15) is 13.2 Å². The number of thioether (sulfide) groups is 1. The predicted octanol–water partition coefficient (Wildman–Crippen LogP) is 3.67. The van der Waals surface area contributed by atoms with Gasteiger partial charge >= 0.3 is 5.51 Å². The Morgan fingerprint density at radius 3 is 2.75 bits per heavy atom. The Morgan fingerprint density at radius 1 is 1.45 bits per heavy atom. The Bertz CT molecular complexity index is 469. The lowest BCUT2D eigenvalue weighted by atomic mass is 10.1. The molecule has 0 aliphatic carbocycles. The number of pyridine rings is 1. The third-order valence-electron chi connectivity index (χ3n) is 2.27. The molecule has 0 aliphatic rings. The first-order chi connectivity index (χ1) is 9.31. The zero-order chi connectivity index (χ0) is 15.2. The number of hydrogen-bond acceptors (Lipinski definition) is 3. The Kier molecular flexibility index (Phi) is 6.61. The monoisotopic (exact) mass is 326 g/mol. The standard InChI is InChI=1S/C12H14ClF3N2OS/c1-2-3-9-6-8(7-10(13)18-9)11(19)17-4-5-20-12(14,15)16/h6-7H,2-5H2,1H3,(H,17,19). The fourth-order valence-corrected chi connectivity index (χ4v) is 2.16. The van der Waals surface area contributed by atoms with Crippen molar-refractivity contribution in [2.45, 2.75) is 25.3 Å². The molecule has 1 aromatic heterocycles. The number of aryl methyl sites for hydroxylation is 1. The second-order valence-corrected chi connectivity index (χ2v) is 5.52. The van der Waals surface area contributed by atoms with Crippen LogP contribution in [0.5, 0.6) is 0 Å². The van der Waals surface area contributed by atoms with Crippen molar-refractivity contribution in [1.29, 1.82) is 0 Å². The van der Waals surface area contributed by atoms with Crippen molar-refractivity contribution >= 4 is 29.3 Å². The number of carbonyl (C=O) groups excluding carboxylic acids is 1. The van der Waals surface area contributed by atoms with Crippen molar-refractivity contribution < 1.29 is 18.0 Å². The molecule has 1 aromatic rings. The van der Waals surface area contributed by atoms with Crippen LogP contribution in [0.3, 0.4) is 0 Å². The summed E-state index contributed by atoms with van der Waals surface area (Å²) in [6, 6.07) is 2.99. The second-order valence-electron chi connectivity index (χ2n) is 3.97. The molecular formula is C12H14ClF3N2OS. The minimum absolute atomic E-state index is 0.0634. The number of nitrogens with one attached hydrogen (secondary N) is 1. The van der Waals surface area contributed by atoms with Gasteiger partial charge in [0, 0.05) is 23.6 Å². The molecule has 0 spiro atoms. The smallest absolute Gasteiger partial charge is 0.351 e. The third-order valence-corrected chi connectivity index (χ3v) is 3.20. The van der Waals surface area contributed by atoms with Crippen LogP contribution >= 0.6 is 23.4 Å². The van der Waals surface area contributed by atoms with Gasteiger partial charge in [-0.05, 0) is 30.3 Å². The van der Waals surface area contributed by atoms with Gasteiger partial charge in [0.2, 0.25) is 0 Å². The number of alkyl halides is 3. The van der Waals surface area contributed by atoms with E-state index in [9.17, 15) is 18.0 Å². The van der Waals surface area contributed by atoms with Crippen LogP contribution in [0.4, 0.5) is 13.2 Å². The van der Waals surface area contributed by atoms with E-state index in [0.717, 1.165) is 6.42 Å². The number of halogens is 4. The molecule has 0 aliphatic heterocycles. The van der Waals surface area contributed by atoms with Gasteiger partial charge in [0.15, 0.2) is 0 Å². The first kappa shape index (κ1) is 17.1. The maximum atomic E-state index is 11.9. The van der Waals surface area contributed by atoms with E-state index < -0.39 is 11.4 Å². The van der Waals surface area contributed by atoms with E-state index in [2.05, 4.69) is 10.3 Å². The summed E-state index contributed by atoms with van der Waals surface area (Å²) in [6.07, 6.45) is 1.54. The number of nitrogens with zero attached hydrogens (tertiary/aromatic N) is 1. The van der Waals surface area contributed by atoms with E-state index in [1.54, 1.807) is 6.07 Å². The summed E-state index contributed by atoms with van der Waals surface area (Å²) in [6.45, 7) is 1.91. The van der Waals surface area contributed by atoms with Gasteiger partial charge in [-0.25, -0.2) is 4.98 Å². The fourth-order valence-electron chi connectivity index (χ4n) is 1.50. The van der Waals surface area contributed by atoms with Crippen LogP contribution in [0.1, 0.15) is 29.4 Å². The van der Waals surface area contributed by atoms with Crippen molar-refractivity contribution in [3.63, 3.8) is 0 Å². The molecule has 0 unspecified atom stereocenters. The van der Waals surface area contributed by atoms with Crippen LogP contribution in [-0.2, 0) is 6.42 Å². The highest BCUT2D eigenvalue weighted by Gasteiger charge is 2.27. The van der Waals surface area contributed by atoms with Crippen LogP contribution in [0.25, 0.3) is 0 Å². The van der Waals surface area contributed by atoms with Gasteiger partial charge in [-0.1, -0.05) is 24.9 Å². The number of amides is 1. The van der Waals surface area contributed by atoms with Gasteiger partial charge in [-0.3, -0.25) is 4.79 Å². The van der Waals surface area contributed by atoms with Crippen LogP contribution in [0, 0.1) is 0 Å². The average molecular weight is 327 g/mol. The van der Waals surface area contributed by atoms with Gasteiger partial charge < -0.3 is 5.32 Å². The molecule has 0 saturated carbocycles. The molecule has 1 heterocycles. The van der Waals surface area contributed by atoms with E-state index in [1.165, 1.54) is 6.07 Å². The van der Waals surface area contributed by atoms with Crippen molar-refractivity contribution in [1.82, 2.24) is 10.3 Å². The van der Waals surface area contributed by atoms with Crippen LogP contribution in [0.2, 0.25) is 5.15 Å². The molecule has 1 amide bonds. The van der Waals surface area contributed by atoms with E-state index >= 15 is 0 Å². The van der Waals surface area contributed by atoms with Gasteiger partial charge in [0.25, 0.3) is 5.91 Å². The summed E-state index contributed by atoms with van der Waals surface area (Å²) in [7, 11) is 0. The van der Waals surface area contributed by atoms with Gasteiger partial charge in [0.1, 0.15) is 5.15 Å². The highest BCUT2D eigenvalue weighted by molar-refractivity contribution is 8.00. The zero-order valence-electron chi connectivity index (χ0n) is 10.8. The highest BCUT2D eigenvalue weighted by atomic mass is 35.5. The zero-order valence-corrected chi connectivity index (χ0v) is 12.3. The molecule has 112 valence electrons. The molecule has 0 aromatic carbocycles. The average Bonchev–Trinajstić information content (AvgIpc) is 2.33. The molecule has 8 heteroatoms. The number of carbonyl (C=O) groups is 1. The molecular weight excluding hydrogens is 313 g/mol. The minimum atomic E-state index is -4.28. The lowest BCUT2D eigenvalue weighted by molar-refractivity contribution is -0.0327. The normalized spacial score (nSPS) is 11.4. The Morgan fingerprint density at radius 2 is 2.15 bits per heavy atom.